The van der Waals surface area contributed by atoms with E-state index in [0.717, 1.165) is 60.4 Å². The molecule has 2 aromatic rings. The van der Waals surface area contributed by atoms with Crippen molar-refractivity contribution in [1.82, 2.24) is 15.2 Å². The normalized spacial score (nSPS) is 15.8. The van der Waals surface area contributed by atoms with Crippen molar-refractivity contribution in [1.29, 1.82) is 0 Å². The van der Waals surface area contributed by atoms with Gasteiger partial charge in [0.15, 0.2) is 5.13 Å². The lowest BCUT2D eigenvalue weighted by Gasteiger charge is -2.34. The van der Waals surface area contributed by atoms with Gasteiger partial charge in [0.25, 0.3) is 0 Å². The molecule has 1 aliphatic rings. The zero-order valence-electron chi connectivity index (χ0n) is 15.1. The SMILES string of the molecule is COc1cccc2sc(N3CCN(CCNC(=O)C(C)C)CC3)nc12. The number of carbonyl (C=O) groups excluding carboxylic acids is 1. The van der Waals surface area contributed by atoms with Gasteiger partial charge in [0.05, 0.1) is 11.8 Å². The van der Waals surface area contributed by atoms with Crippen LogP contribution in [0.5, 0.6) is 5.75 Å². The summed E-state index contributed by atoms with van der Waals surface area (Å²) in [5.74, 6) is 1.01. The summed E-state index contributed by atoms with van der Waals surface area (Å²) in [6, 6.07) is 6.05. The summed E-state index contributed by atoms with van der Waals surface area (Å²) in [6.45, 7) is 9.35. The molecule has 3 rings (SSSR count). The number of hydrogen-bond acceptors (Lipinski definition) is 6. The number of rotatable bonds is 6. The van der Waals surface area contributed by atoms with Crippen molar-refractivity contribution in [2.24, 2.45) is 5.92 Å². The molecule has 0 atom stereocenters. The van der Waals surface area contributed by atoms with Crippen LogP contribution in [0.25, 0.3) is 10.2 Å². The van der Waals surface area contributed by atoms with Crippen molar-refractivity contribution in [3.8, 4) is 5.75 Å². The van der Waals surface area contributed by atoms with Crippen LogP contribution in [0.2, 0.25) is 0 Å². The first-order valence-electron chi connectivity index (χ1n) is 8.77. The van der Waals surface area contributed by atoms with Crippen LogP contribution < -0.4 is 15.0 Å². The van der Waals surface area contributed by atoms with Gasteiger partial charge in [0.1, 0.15) is 11.3 Å². The minimum atomic E-state index is 0.0490. The van der Waals surface area contributed by atoms with E-state index in [1.807, 2.05) is 26.0 Å². The highest BCUT2D eigenvalue weighted by Crippen LogP contribution is 2.34. The van der Waals surface area contributed by atoms with Crippen molar-refractivity contribution in [3.63, 3.8) is 0 Å². The molecule has 2 heterocycles. The van der Waals surface area contributed by atoms with Gasteiger partial charge in [-0.25, -0.2) is 4.98 Å². The van der Waals surface area contributed by atoms with Gasteiger partial charge in [0.2, 0.25) is 5.91 Å². The van der Waals surface area contributed by atoms with Crippen LogP contribution in [-0.2, 0) is 4.79 Å². The predicted molar refractivity (Wildman–Crippen MR) is 103 cm³/mol. The van der Waals surface area contributed by atoms with Crippen LogP contribution >= 0.6 is 11.3 Å². The minimum absolute atomic E-state index is 0.0490. The molecule has 1 fully saturated rings. The lowest BCUT2D eigenvalue weighted by atomic mass is 10.2. The minimum Gasteiger partial charge on any atom is -0.494 e. The maximum absolute atomic E-state index is 11.6. The average Bonchev–Trinajstić information content (AvgIpc) is 3.06. The van der Waals surface area contributed by atoms with E-state index < -0.39 is 0 Å². The number of carbonyl (C=O) groups is 1. The highest BCUT2D eigenvalue weighted by Gasteiger charge is 2.20. The lowest BCUT2D eigenvalue weighted by molar-refractivity contribution is -0.124. The first-order chi connectivity index (χ1) is 12.1. The van der Waals surface area contributed by atoms with Gasteiger partial charge in [-0.1, -0.05) is 31.3 Å². The maximum atomic E-state index is 11.6. The molecule has 0 aliphatic carbocycles. The Bertz CT molecular complexity index is 723. The zero-order chi connectivity index (χ0) is 17.8. The highest BCUT2D eigenvalue weighted by molar-refractivity contribution is 7.22. The molecule has 0 saturated carbocycles. The van der Waals surface area contributed by atoms with E-state index in [-0.39, 0.29) is 11.8 Å². The summed E-state index contributed by atoms with van der Waals surface area (Å²) >= 11 is 1.72. The number of thiazole rings is 1. The third-order valence-electron chi connectivity index (χ3n) is 4.49. The van der Waals surface area contributed by atoms with Crippen molar-refractivity contribution in [2.75, 3.05) is 51.3 Å². The van der Waals surface area contributed by atoms with Gasteiger partial charge < -0.3 is 15.0 Å². The number of ether oxygens (including phenoxy) is 1. The smallest absolute Gasteiger partial charge is 0.222 e. The molecule has 0 unspecified atom stereocenters. The quantitative estimate of drug-likeness (QED) is 0.854. The molecule has 136 valence electrons. The Hall–Kier alpha value is -1.86. The third kappa shape index (κ3) is 4.22. The summed E-state index contributed by atoms with van der Waals surface area (Å²) in [6.07, 6.45) is 0. The summed E-state index contributed by atoms with van der Waals surface area (Å²) in [5.41, 5.74) is 0.948. The molecular weight excluding hydrogens is 336 g/mol. The summed E-state index contributed by atoms with van der Waals surface area (Å²) in [7, 11) is 1.69. The number of methoxy groups -OCH3 is 1. The molecule has 0 bridgehead atoms. The Labute approximate surface area is 152 Å². The van der Waals surface area contributed by atoms with Gasteiger partial charge in [-0.2, -0.15) is 0 Å². The van der Waals surface area contributed by atoms with Crippen molar-refractivity contribution in [2.45, 2.75) is 13.8 Å². The standard InChI is InChI=1S/C18H26N4O2S/c1-13(2)17(23)19-7-8-21-9-11-22(12-10-21)18-20-16-14(24-3)5-4-6-15(16)25-18/h4-6,13H,7-12H2,1-3H3,(H,19,23). The lowest BCUT2D eigenvalue weighted by Crippen LogP contribution is -2.48. The molecular formula is C18H26N4O2S. The molecule has 1 saturated heterocycles. The van der Waals surface area contributed by atoms with Crippen LogP contribution in [0, 0.1) is 5.92 Å². The number of para-hydroxylation sites is 1. The predicted octanol–water partition coefficient (Wildman–Crippen LogP) is 2.20. The number of aromatic nitrogens is 1. The molecule has 1 amide bonds. The Balaban J connectivity index is 1.53. The fourth-order valence-electron chi connectivity index (χ4n) is 2.92. The first-order valence-corrected chi connectivity index (χ1v) is 9.58. The summed E-state index contributed by atoms with van der Waals surface area (Å²) in [5, 5.41) is 4.05. The van der Waals surface area contributed by atoms with E-state index in [9.17, 15) is 4.79 Å². The number of fused-ring (bicyclic) bond motifs is 1. The Morgan fingerprint density at radius 3 is 2.76 bits per heavy atom. The van der Waals surface area contributed by atoms with Gasteiger partial charge in [-0.3, -0.25) is 9.69 Å². The number of amides is 1. The van der Waals surface area contributed by atoms with Crippen LogP contribution in [-0.4, -0.2) is 62.2 Å². The van der Waals surface area contributed by atoms with Gasteiger partial charge in [0, 0.05) is 45.2 Å². The molecule has 1 N–H and O–H groups in total. The van der Waals surface area contributed by atoms with E-state index in [0.29, 0.717) is 0 Å². The Morgan fingerprint density at radius 1 is 1.32 bits per heavy atom. The number of benzene rings is 1. The van der Waals surface area contributed by atoms with Crippen molar-refractivity contribution in [3.05, 3.63) is 18.2 Å². The monoisotopic (exact) mass is 362 g/mol. The molecule has 25 heavy (non-hydrogen) atoms. The largest absolute Gasteiger partial charge is 0.494 e. The molecule has 6 nitrogen and oxygen atoms in total. The maximum Gasteiger partial charge on any atom is 0.222 e. The Morgan fingerprint density at radius 2 is 2.08 bits per heavy atom. The Kier molecular flexibility index (Phi) is 5.75. The average molecular weight is 362 g/mol. The number of nitrogens with one attached hydrogen (secondary N) is 1. The molecule has 0 spiro atoms. The second kappa shape index (κ2) is 8.01. The number of piperazine rings is 1. The number of nitrogens with zero attached hydrogens (tertiary/aromatic N) is 3. The van der Waals surface area contributed by atoms with E-state index in [1.165, 1.54) is 0 Å². The summed E-state index contributed by atoms with van der Waals surface area (Å²) < 4.78 is 6.57. The second-order valence-electron chi connectivity index (χ2n) is 6.58. The van der Waals surface area contributed by atoms with Gasteiger partial charge in [-0.15, -0.1) is 0 Å². The van der Waals surface area contributed by atoms with Crippen LogP contribution in [0.1, 0.15) is 13.8 Å². The summed E-state index contributed by atoms with van der Waals surface area (Å²) in [4.78, 5) is 21.1. The van der Waals surface area contributed by atoms with E-state index in [2.05, 4.69) is 21.2 Å². The van der Waals surface area contributed by atoms with Crippen LogP contribution in [0.15, 0.2) is 18.2 Å². The second-order valence-corrected chi connectivity index (χ2v) is 7.59. The van der Waals surface area contributed by atoms with Crippen molar-refractivity contribution >= 4 is 32.6 Å². The van der Waals surface area contributed by atoms with Crippen molar-refractivity contribution < 1.29 is 9.53 Å². The highest BCUT2D eigenvalue weighted by atomic mass is 32.1. The van der Waals surface area contributed by atoms with Crippen LogP contribution in [0.4, 0.5) is 5.13 Å². The molecule has 1 aliphatic heterocycles. The number of hydrogen-bond donors (Lipinski definition) is 1. The van der Waals surface area contributed by atoms with Gasteiger partial charge >= 0.3 is 0 Å². The molecule has 0 radical (unpaired) electrons. The third-order valence-corrected chi connectivity index (χ3v) is 5.57. The fourth-order valence-corrected chi connectivity index (χ4v) is 3.95. The van der Waals surface area contributed by atoms with Crippen LogP contribution in [0.3, 0.4) is 0 Å². The number of anilines is 1. The molecule has 7 heteroatoms. The first kappa shape index (κ1) is 17.9. The zero-order valence-corrected chi connectivity index (χ0v) is 15.9. The molecule has 1 aromatic heterocycles. The molecule has 1 aromatic carbocycles. The van der Waals surface area contributed by atoms with E-state index >= 15 is 0 Å². The topological polar surface area (TPSA) is 57.7 Å². The fraction of sp³-hybridized carbons (Fsp3) is 0.556. The van der Waals surface area contributed by atoms with E-state index in [1.54, 1.807) is 18.4 Å². The van der Waals surface area contributed by atoms with Gasteiger partial charge in [-0.05, 0) is 12.1 Å². The van der Waals surface area contributed by atoms with E-state index in [4.69, 9.17) is 9.72 Å².